The number of benzene rings is 1. The maximum atomic E-state index is 13.1. The monoisotopic (exact) mass is 329 g/mol. The van der Waals surface area contributed by atoms with E-state index < -0.39 is 16.7 Å². The first-order chi connectivity index (χ1) is 11.5. The van der Waals surface area contributed by atoms with Crippen molar-refractivity contribution < 1.29 is 18.8 Å². The molecule has 0 bridgehead atoms. The summed E-state index contributed by atoms with van der Waals surface area (Å²) < 4.78 is 19.3. The van der Waals surface area contributed by atoms with Crippen LogP contribution in [0.1, 0.15) is 17.4 Å². The number of carbonyl (C=O) groups excluding carboxylic acids is 1. The molecule has 0 radical (unpaired) electrons. The number of nitrogens with zero attached hydrogens (tertiary/aromatic N) is 3. The van der Waals surface area contributed by atoms with Crippen molar-refractivity contribution in [2.75, 3.05) is 6.61 Å². The van der Waals surface area contributed by atoms with Crippen molar-refractivity contribution in [2.45, 2.75) is 6.92 Å². The number of fused-ring (bicyclic) bond motifs is 1. The van der Waals surface area contributed by atoms with E-state index in [4.69, 9.17) is 4.74 Å². The number of carbonyl (C=O) groups is 1. The first-order valence-electron chi connectivity index (χ1n) is 7.10. The highest BCUT2D eigenvalue weighted by Crippen LogP contribution is 2.33. The zero-order valence-corrected chi connectivity index (χ0v) is 12.6. The zero-order valence-electron chi connectivity index (χ0n) is 12.6. The van der Waals surface area contributed by atoms with Gasteiger partial charge in [-0.05, 0) is 30.7 Å². The number of imidazole rings is 1. The predicted molar refractivity (Wildman–Crippen MR) is 83.2 cm³/mol. The Balaban J connectivity index is 2.22. The summed E-state index contributed by atoms with van der Waals surface area (Å²) in [6.45, 7) is 1.85. The molecule has 8 heteroatoms. The van der Waals surface area contributed by atoms with Crippen LogP contribution in [0.25, 0.3) is 16.8 Å². The van der Waals surface area contributed by atoms with Gasteiger partial charge in [-0.3, -0.25) is 14.5 Å². The average Bonchev–Trinajstić information content (AvgIpc) is 2.98. The van der Waals surface area contributed by atoms with E-state index >= 15 is 0 Å². The predicted octanol–water partition coefficient (Wildman–Crippen LogP) is 3.23. The molecule has 0 aliphatic heterocycles. The highest BCUT2D eigenvalue weighted by atomic mass is 19.1. The van der Waals surface area contributed by atoms with Crippen LogP contribution in [0.5, 0.6) is 0 Å². The lowest BCUT2D eigenvalue weighted by atomic mass is 10.1. The van der Waals surface area contributed by atoms with Crippen LogP contribution in [-0.2, 0) is 4.74 Å². The number of ether oxygens (including phenoxy) is 1. The average molecular weight is 329 g/mol. The van der Waals surface area contributed by atoms with Gasteiger partial charge in [-0.2, -0.15) is 0 Å². The number of pyridine rings is 1. The van der Waals surface area contributed by atoms with Gasteiger partial charge in [0.1, 0.15) is 5.82 Å². The fourth-order valence-corrected chi connectivity index (χ4v) is 2.43. The Morgan fingerprint density at radius 3 is 2.67 bits per heavy atom. The molecular formula is C16H12FN3O4. The van der Waals surface area contributed by atoms with Gasteiger partial charge in [0.2, 0.25) is 5.65 Å². The summed E-state index contributed by atoms with van der Waals surface area (Å²) in [4.78, 5) is 26.9. The third kappa shape index (κ3) is 2.58. The van der Waals surface area contributed by atoms with Crippen LogP contribution in [0.3, 0.4) is 0 Å². The van der Waals surface area contributed by atoms with Crippen LogP contribution >= 0.6 is 0 Å². The van der Waals surface area contributed by atoms with E-state index in [9.17, 15) is 19.3 Å². The van der Waals surface area contributed by atoms with Crippen molar-refractivity contribution in [3.05, 3.63) is 64.4 Å². The molecule has 2 aromatic heterocycles. The zero-order chi connectivity index (χ0) is 17.3. The Labute approximate surface area is 135 Å². The molecule has 0 saturated carbocycles. The number of esters is 1. The third-order valence-corrected chi connectivity index (χ3v) is 3.48. The SMILES string of the molecule is CCOC(=O)c1cnc2c([N+](=O)[O-])c(-c3ccc(F)cc3)ccn12. The van der Waals surface area contributed by atoms with Gasteiger partial charge in [0, 0.05) is 6.20 Å². The van der Waals surface area contributed by atoms with Gasteiger partial charge in [-0.25, -0.2) is 14.2 Å². The summed E-state index contributed by atoms with van der Waals surface area (Å²) in [5.41, 5.74) is 0.616. The van der Waals surface area contributed by atoms with Gasteiger partial charge >= 0.3 is 11.7 Å². The molecule has 0 atom stereocenters. The van der Waals surface area contributed by atoms with Crippen molar-refractivity contribution >= 4 is 17.3 Å². The molecule has 0 spiro atoms. The lowest BCUT2D eigenvalue weighted by Crippen LogP contribution is -2.08. The second-order valence-corrected chi connectivity index (χ2v) is 4.90. The first kappa shape index (κ1) is 15.6. The van der Waals surface area contributed by atoms with E-state index in [1.165, 1.54) is 47.1 Å². The normalized spacial score (nSPS) is 10.8. The minimum absolute atomic E-state index is 0.0184. The maximum Gasteiger partial charge on any atom is 0.356 e. The van der Waals surface area contributed by atoms with Crippen molar-refractivity contribution in [3.63, 3.8) is 0 Å². The summed E-state index contributed by atoms with van der Waals surface area (Å²) in [7, 11) is 0. The Morgan fingerprint density at radius 1 is 1.33 bits per heavy atom. The Morgan fingerprint density at radius 2 is 2.04 bits per heavy atom. The van der Waals surface area contributed by atoms with Crippen molar-refractivity contribution in [1.82, 2.24) is 9.38 Å². The minimum atomic E-state index is -0.617. The lowest BCUT2D eigenvalue weighted by Gasteiger charge is -2.06. The fourth-order valence-electron chi connectivity index (χ4n) is 2.43. The Bertz CT molecular complexity index is 934. The summed E-state index contributed by atoms with van der Waals surface area (Å²) >= 11 is 0. The topological polar surface area (TPSA) is 86.7 Å². The molecule has 0 saturated heterocycles. The minimum Gasteiger partial charge on any atom is -0.461 e. The van der Waals surface area contributed by atoms with E-state index in [2.05, 4.69) is 4.98 Å². The molecule has 0 amide bonds. The number of hydrogen-bond donors (Lipinski definition) is 0. The molecule has 122 valence electrons. The molecular weight excluding hydrogens is 317 g/mol. The van der Waals surface area contributed by atoms with Gasteiger partial charge in [-0.1, -0.05) is 12.1 Å². The second kappa shape index (κ2) is 6.07. The largest absolute Gasteiger partial charge is 0.461 e. The van der Waals surface area contributed by atoms with Crippen LogP contribution in [0, 0.1) is 15.9 Å². The molecule has 1 aromatic carbocycles. The Kier molecular flexibility index (Phi) is 3.95. The molecule has 0 aliphatic rings. The molecule has 0 fully saturated rings. The molecule has 3 aromatic rings. The summed E-state index contributed by atoms with van der Waals surface area (Å²) in [6, 6.07) is 6.83. The highest BCUT2D eigenvalue weighted by Gasteiger charge is 2.25. The molecule has 0 unspecified atom stereocenters. The Hall–Kier alpha value is -3.29. The van der Waals surface area contributed by atoms with Crippen LogP contribution in [-0.4, -0.2) is 26.9 Å². The molecule has 0 aliphatic carbocycles. The van der Waals surface area contributed by atoms with E-state index in [-0.39, 0.29) is 29.2 Å². The van der Waals surface area contributed by atoms with Gasteiger partial charge in [0.25, 0.3) is 0 Å². The standard InChI is InChI=1S/C16H12FN3O4/c1-2-24-16(21)13-9-18-15-14(20(22)23)12(7-8-19(13)15)10-3-5-11(17)6-4-10/h3-9H,2H2,1H3. The molecule has 7 nitrogen and oxygen atoms in total. The summed E-state index contributed by atoms with van der Waals surface area (Å²) in [5.74, 6) is -1.05. The van der Waals surface area contributed by atoms with E-state index in [0.29, 0.717) is 5.56 Å². The third-order valence-electron chi connectivity index (χ3n) is 3.48. The number of aromatic nitrogens is 2. The lowest BCUT2D eigenvalue weighted by molar-refractivity contribution is -0.382. The second-order valence-electron chi connectivity index (χ2n) is 4.90. The molecule has 24 heavy (non-hydrogen) atoms. The number of halogens is 1. The number of hydrogen-bond acceptors (Lipinski definition) is 5. The molecule has 3 rings (SSSR count). The highest BCUT2D eigenvalue weighted by molar-refractivity contribution is 5.90. The number of nitro groups is 1. The van der Waals surface area contributed by atoms with Gasteiger partial charge in [0.15, 0.2) is 5.69 Å². The van der Waals surface area contributed by atoms with Crippen molar-refractivity contribution in [1.29, 1.82) is 0 Å². The summed E-state index contributed by atoms with van der Waals surface area (Å²) in [6.07, 6.45) is 2.73. The van der Waals surface area contributed by atoms with Gasteiger partial charge in [-0.15, -0.1) is 0 Å². The maximum absolute atomic E-state index is 13.1. The van der Waals surface area contributed by atoms with E-state index in [1.807, 2.05) is 0 Å². The summed E-state index contributed by atoms with van der Waals surface area (Å²) in [5, 5.41) is 11.5. The van der Waals surface area contributed by atoms with E-state index in [1.54, 1.807) is 6.92 Å². The molecule has 2 heterocycles. The quantitative estimate of drug-likeness (QED) is 0.417. The van der Waals surface area contributed by atoms with Gasteiger partial charge < -0.3 is 4.74 Å². The van der Waals surface area contributed by atoms with Gasteiger partial charge in [0.05, 0.1) is 23.3 Å². The van der Waals surface area contributed by atoms with Crippen molar-refractivity contribution in [2.24, 2.45) is 0 Å². The van der Waals surface area contributed by atoms with Crippen molar-refractivity contribution in [3.8, 4) is 11.1 Å². The smallest absolute Gasteiger partial charge is 0.356 e. The van der Waals surface area contributed by atoms with Crippen LogP contribution in [0.4, 0.5) is 10.1 Å². The fraction of sp³-hybridized carbons (Fsp3) is 0.125. The van der Waals surface area contributed by atoms with Crippen LogP contribution in [0.2, 0.25) is 0 Å². The van der Waals surface area contributed by atoms with Crippen LogP contribution < -0.4 is 0 Å². The van der Waals surface area contributed by atoms with E-state index in [0.717, 1.165) is 0 Å². The number of rotatable bonds is 4. The van der Waals surface area contributed by atoms with Crippen LogP contribution in [0.15, 0.2) is 42.7 Å². The first-order valence-corrected chi connectivity index (χ1v) is 7.10. The molecule has 0 N–H and O–H groups in total.